The molecule has 0 aliphatic carbocycles. The average Bonchev–Trinajstić information content (AvgIpc) is 2.59. The lowest BCUT2D eigenvalue weighted by molar-refractivity contribution is 0.554. The van der Waals surface area contributed by atoms with Gasteiger partial charge in [-0.2, -0.15) is 0 Å². The minimum atomic E-state index is -0.436. The molecule has 1 aromatic heterocycles. The summed E-state index contributed by atoms with van der Waals surface area (Å²) >= 11 is 5.80. The van der Waals surface area contributed by atoms with Gasteiger partial charge in [-0.3, -0.25) is 4.98 Å². The Morgan fingerprint density at radius 2 is 2.40 bits per heavy atom. The third-order valence-corrected chi connectivity index (χ3v) is 2.66. The Morgan fingerprint density at radius 1 is 1.60 bits per heavy atom. The van der Waals surface area contributed by atoms with Crippen molar-refractivity contribution in [2.45, 2.75) is 6.04 Å². The van der Waals surface area contributed by atoms with Gasteiger partial charge in [0.1, 0.15) is 0 Å². The molecule has 80 valence electrons. The van der Waals surface area contributed by atoms with Crippen LogP contribution in [0.4, 0.5) is 0 Å². The van der Waals surface area contributed by atoms with Gasteiger partial charge in [0, 0.05) is 11.9 Å². The highest BCUT2D eigenvalue weighted by Crippen LogP contribution is 2.19. The standard InChI is InChI=1S/C10H11ClN2O2/c1-12-8(5-11)6-2-3-7-9(4-6)15-10(14)13-7/h2-4,8,12H,5H2,1H3,(H,13,14). The number of benzene rings is 1. The van der Waals surface area contributed by atoms with E-state index in [4.69, 9.17) is 16.0 Å². The second-order valence-electron chi connectivity index (χ2n) is 3.27. The van der Waals surface area contributed by atoms with E-state index in [1.54, 1.807) is 0 Å². The zero-order valence-electron chi connectivity index (χ0n) is 8.21. The van der Waals surface area contributed by atoms with Crippen molar-refractivity contribution >= 4 is 22.7 Å². The molecule has 0 bridgehead atoms. The number of H-pyrrole nitrogens is 1. The summed E-state index contributed by atoms with van der Waals surface area (Å²) in [5, 5.41) is 3.08. The number of nitrogens with one attached hydrogen (secondary N) is 2. The maximum absolute atomic E-state index is 10.9. The molecular formula is C10H11ClN2O2. The smallest absolute Gasteiger partial charge is 0.408 e. The fraction of sp³-hybridized carbons (Fsp3) is 0.300. The fourth-order valence-electron chi connectivity index (χ4n) is 1.51. The van der Waals surface area contributed by atoms with Crippen molar-refractivity contribution in [1.82, 2.24) is 10.3 Å². The molecule has 2 rings (SSSR count). The summed E-state index contributed by atoms with van der Waals surface area (Å²) in [5.74, 6) is 0.0328. The first-order chi connectivity index (χ1) is 7.24. The van der Waals surface area contributed by atoms with Crippen molar-refractivity contribution in [3.05, 3.63) is 34.3 Å². The number of fused-ring (bicyclic) bond motifs is 1. The van der Waals surface area contributed by atoms with Crippen molar-refractivity contribution in [2.24, 2.45) is 0 Å². The van der Waals surface area contributed by atoms with Gasteiger partial charge in [0.15, 0.2) is 5.58 Å². The number of halogens is 1. The number of oxazole rings is 1. The zero-order chi connectivity index (χ0) is 10.8. The molecule has 1 unspecified atom stereocenters. The molecule has 0 amide bonds. The molecule has 0 aliphatic heterocycles. The van der Waals surface area contributed by atoms with E-state index >= 15 is 0 Å². The molecule has 0 spiro atoms. The van der Waals surface area contributed by atoms with Crippen LogP contribution in [-0.4, -0.2) is 17.9 Å². The van der Waals surface area contributed by atoms with Crippen molar-refractivity contribution < 1.29 is 4.42 Å². The average molecular weight is 227 g/mol. The van der Waals surface area contributed by atoms with Crippen LogP contribution in [0, 0.1) is 0 Å². The second-order valence-corrected chi connectivity index (χ2v) is 3.57. The van der Waals surface area contributed by atoms with Crippen LogP contribution < -0.4 is 11.1 Å². The van der Waals surface area contributed by atoms with Crippen molar-refractivity contribution in [3.8, 4) is 0 Å². The lowest BCUT2D eigenvalue weighted by Crippen LogP contribution is -2.17. The van der Waals surface area contributed by atoms with Crippen LogP contribution in [0.15, 0.2) is 27.4 Å². The van der Waals surface area contributed by atoms with E-state index in [2.05, 4.69) is 10.3 Å². The Labute approximate surface area is 91.2 Å². The first-order valence-electron chi connectivity index (χ1n) is 4.60. The Kier molecular flexibility index (Phi) is 2.79. The molecule has 1 atom stereocenters. The topological polar surface area (TPSA) is 58.0 Å². The summed E-state index contributed by atoms with van der Waals surface area (Å²) in [6.07, 6.45) is 0. The second kappa shape index (κ2) is 4.08. The fourth-order valence-corrected chi connectivity index (χ4v) is 1.84. The van der Waals surface area contributed by atoms with Gasteiger partial charge < -0.3 is 9.73 Å². The third-order valence-electron chi connectivity index (χ3n) is 2.35. The van der Waals surface area contributed by atoms with Gasteiger partial charge in [-0.25, -0.2) is 4.79 Å². The number of aromatic amines is 1. The van der Waals surface area contributed by atoms with Crippen LogP contribution in [0.2, 0.25) is 0 Å². The van der Waals surface area contributed by atoms with Crippen molar-refractivity contribution in [2.75, 3.05) is 12.9 Å². The zero-order valence-corrected chi connectivity index (χ0v) is 8.97. The normalized spacial score (nSPS) is 13.2. The van der Waals surface area contributed by atoms with Gasteiger partial charge in [-0.05, 0) is 24.7 Å². The predicted molar refractivity (Wildman–Crippen MR) is 59.4 cm³/mol. The molecule has 0 saturated carbocycles. The molecule has 2 aromatic rings. The van der Waals surface area contributed by atoms with Crippen LogP contribution in [0.1, 0.15) is 11.6 Å². The van der Waals surface area contributed by atoms with E-state index in [1.165, 1.54) is 0 Å². The largest absolute Gasteiger partial charge is 0.417 e. The number of alkyl halides is 1. The van der Waals surface area contributed by atoms with E-state index in [-0.39, 0.29) is 6.04 Å². The van der Waals surface area contributed by atoms with E-state index in [0.29, 0.717) is 17.0 Å². The molecule has 1 heterocycles. The Balaban J connectivity index is 2.49. The SMILES string of the molecule is CNC(CCl)c1ccc2[nH]c(=O)oc2c1. The van der Waals surface area contributed by atoms with Crippen LogP contribution >= 0.6 is 11.6 Å². The number of aromatic nitrogens is 1. The van der Waals surface area contributed by atoms with Gasteiger partial charge in [0.05, 0.1) is 5.52 Å². The van der Waals surface area contributed by atoms with Gasteiger partial charge in [-0.15, -0.1) is 11.6 Å². The maximum atomic E-state index is 10.9. The summed E-state index contributed by atoms with van der Waals surface area (Å²) in [6.45, 7) is 0. The van der Waals surface area contributed by atoms with Gasteiger partial charge in [0.25, 0.3) is 0 Å². The lowest BCUT2D eigenvalue weighted by atomic mass is 10.1. The molecule has 2 N–H and O–H groups in total. The minimum absolute atomic E-state index is 0.0660. The van der Waals surface area contributed by atoms with E-state index < -0.39 is 5.76 Å². The highest BCUT2D eigenvalue weighted by molar-refractivity contribution is 6.18. The highest BCUT2D eigenvalue weighted by Gasteiger charge is 2.09. The van der Waals surface area contributed by atoms with Crippen LogP contribution in [0.25, 0.3) is 11.1 Å². The molecule has 5 heteroatoms. The summed E-state index contributed by atoms with van der Waals surface area (Å²) < 4.78 is 4.97. The van der Waals surface area contributed by atoms with Gasteiger partial charge in [-0.1, -0.05) is 6.07 Å². The molecule has 0 saturated heterocycles. The first-order valence-corrected chi connectivity index (χ1v) is 5.14. The third kappa shape index (κ3) is 1.91. The molecule has 1 aromatic carbocycles. The summed E-state index contributed by atoms with van der Waals surface area (Å²) in [6, 6.07) is 5.61. The Bertz CT molecular complexity index is 513. The summed E-state index contributed by atoms with van der Waals surface area (Å²) in [7, 11) is 1.84. The van der Waals surface area contributed by atoms with Crippen LogP contribution in [0.5, 0.6) is 0 Å². The van der Waals surface area contributed by atoms with E-state index in [0.717, 1.165) is 5.56 Å². The predicted octanol–water partition coefficient (Wildman–Crippen LogP) is 1.62. The summed E-state index contributed by atoms with van der Waals surface area (Å²) in [4.78, 5) is 13.5. The molecular weight excluding hydrogens is 216 g/mol. The van der Waals surface area contributed by atoms with Gasteiger partial charge >= 0.3 is 5.76 Å². The van der Waals surface area contributed by atoms with Crippen molar-refractivity contribution in [3.63, 3.8) is 0 Å². The Morgan fingerprint density at radius 3 is 3.07 bits per heavy atom. The summed E-state index contributed by atoms with van der Waals surface area (Å²) in [5.41, 5.74) is 2.26. The molecule has 0 fully saturated rings. The maximum Gasteiger partial charge on any atom is 0.417 e. The molecule has 0 radical (unpaired) electrons. The monoisotopic (exact) mass is 226 g/mol. The van der Waals surface area contributed by atoms with E-state index in [9.17, 15) is 4.79 Å². The first kappa shape index (κ1) is 10.3. The minimum Gasteiger partial charge on any atom is -0.408 e. The van der Waals surface area contributed by atoms with Gasteiger partial charge in [0.2, 0.25) is 0 Å². The van der Waals surface area contributed by atoms with E-state index in [1.807, 2.05) is 25.2 Å². The number of rotatable bonds is 3. The lowest BCUT2D eigenvalue weighted by Gasteiger charge is -2.12. The highest BCUT2D eigenvalue weighted by atomic mass is 35.5. The molecule has 15 heavy (non-hydrogen) atoms. The van der Waals surface area contributed by atoms with Crippen LogP contribution in [-0.2, 0) is 0 Å². The molecule has 4 nitrogen and oxygen atoms in total. The Hall–Kier alpha value is -1.26. The number of hydrogen-bond acceptors (Lipinski definition) is 3. The quantitative estimate of drug-likeness (QED) is 0.782. The van der Waals surface area contributed by atoms with Crippen molar-refractivity contribution in [1.29, 1.82) is 0 Å². The molecule has 0 aliphatic rings. The number of hydrogen-bond donors (Lipinski definition) is 2. The van der Waals surface area contributed by atoms with Crippen LogP contribution in [0.3, 0.4) is 0 Å².